The van der Waals surface area contributed by atoms with Crippen LogP contribution in [0.2, 0.25) is 0 Å². The molecule has 2 heterocycles. The largest absolute Gasteiger partial charge is 0.354 e. The topological polar surface area (TPSA) is 51.9 Å². The molecule has 0 fully saturated rings. The molecule has 0 spiro atoms. The highest BCUT2D eigenvalue weighted by Crippen LogP contribution is 2.10. The molecule has 0 aliphatic carbocycles. The highest BCUT2D eigenvalue weighted by Gasteiger charge is 2.10. The van der Waals surface area contributed by atoms with Crippen LogP contribution in [0.25, 0.3) is 5.69 Å². The number of nitrogens with one attached hydrogen (secondary N) is 1. The van der Waals surface area contributed by atoms with Crippen molar-refractivity contribution in [2.75, 3.05) is 0 Å². The molecular weight excluding hydrogens is 300 g/mol. The quantitative estimate of drug-likeness (QED) is 0.758. The van der Waals surface area contributed by atoms with Crippen molar-refractivity contribution in [2.24, 2.45) is 7.05 Å². The van der Waals surface area contributed by atoms with E-state index in [0.29, 0.717) is 5.56 Å². The molecule has 0 aliphatic rings. The number of benzene rings is 1. The van der Waals surface area contributed by atoms with Crippen LogP contribution in [-0.2, 0) is 13.5 Å². The van der Waals surface area contributed by atoms with E-state index in [1.807, 2.05) is 61.3 Å². The van der Waals surface area contributed by atoms with Gasteiger partial charge in [0.1, 0.15) is 0 Å². The maximum absolute atomic E-state index is 12.3. The van der Waals surface area contributed by atoms with Crippen LogP contribution >= 0.6 is 0 Å². The van der Waals surface area contributed by atoms with Gasteiger partial charge in [-0.15, -0.1) is 0 Å². The van der Waals surface area contributed by atoms with Gasteiger partial charge in [-0.1, -0.05) is 0 Å². The zero-order valence-corrected chi connectivity index (χ0v) is 14.0. The first-order valence-corrected chi connectivity index (χ1v) is 8.13. The normalized spacial score (nSPS) is 12.1. The van der Waals surface area contributed by atoms with Crippen molar-refractivity contribution >= 4 is 5.91 Å². The number of aryl methyl sites for hydroxylation is 2. The first-order valence-electron chi connectivity index (χ1n) is 8.13. The van der Waals surface area contributed by atoms with Gasteiger partial charge in [0, 0.05) is 48.6 Å². The van der Waals surface area contributed by atoms with E-state index in [1.54, 1.807) is 12.5 Å². The molecule has 5 nitrogen and oxygen atoms in total. The van der Waals surface area contributed by atoms with Crippen LogP contribution in [0.3, 0.4) is 0 Å². The van der Waals surface area contributed by atoms with Gasteiger partial charge in [-0.3, -0.25) is 4.79 Å². The van der Waals surface area contributed by atoms with Crippen LogP contribution in [0, 0.1) is 0 Å². The van der Waals surface area contributed by atoms with Crippen LogP contribution in [0.4, 0.5) is 0 Å². The number of imidazole rings is 1. The fraction of sp³-hybridized carbons (Fsp3) is 0.263. The number of aromatic nitrogens is 3. The Morgan fingerprint density at radius 2 is 2.00 bits per heavy atom. The second kappa shape index (κ2) is 7.17. The molecule has 0 unspecified atom stereocenters. The number of rotatable bonds is 6. The molecule has 1 aromatic carbocycles. The van der Waals surface area contributed by atoms with Gasteiger partial charge >= 0.3 is 0 Å². The van der Waals surface area contributed by atoms with Gasteiger partial charge in [0.2, 0.25) is 0 Å². The molecule has 124 valence electrons. The minimum absolute atomic E-state index is 0.0356. The van der Waals surface area contributed by atoms with Gasteiger partial charge < -0.3 is 14.5 Å². The van der Waals surface area contributed by atoms with Gasteiger partial charge in [-0.25, -0.2) is 4.98 Å². The Morgan fingerprint density at radius 1 is 1.21 bits per heavy atom. The van der Waals surface area contributed by atoms with E-state index in [2.05, 4.69) is 20.9 Å². The zero-order chi connectivity index (χ0) is 16.9. The number of hydrogen-bond acceptors (Lipinski definition) is 2. The number of carbonyl (C=O) groups is 1. The predicted molar refractivity (Wildman–Crippen MR) is 94.2 cm³/mol. The van der Waals surface area contributed by atoms with Crippen LogP contribution in [0.1, 0.15) is 29.4 Å². The SMILES string of the molecule is C[C@@H](CCc1cccn1C)NC(=O)c1ccc(-n2ccnc2)cc1. The molecule has 3 aromatic rings. The summed E-state index contributed by atoms with van der Waals surface area (Å²) in [5, 5.41) is 3.06. The summed E-state index contributed by atoms with van der Waals surface area (Å²) in [6.45, 7) is 2.04. The minimum Gasteiger partial charge on any atom is -0.354 e. The Hall–Kier alpha value is -2.82. The maximum Gasteiger partial charge on any atom is 0.251 e. The van der Waals surface area contributed by atoms with Gasteiger partial charge in [0.05, 0.1) is 6.33 Å². The lowest BCUT2D eigenvalue weighted by atomic mass is 10.1. The second-order valence-corrected chi connectivity index (χ2v) is 6.04. The average molecular weight is 322 g/mol. The Balaban J connectivity index is 1.55. The summed E-state index contributed by atoms with van der Waals surface area (Å²) in [6.07, 6.45) is 9.25. The third kappa shape index (κ3) is 3.74. The van der Waals surface area contributed by atoms with Gasteiger partial charge in [0.25, 0.3) is 5.91 Å². The Bertz CT molecular complexity index is 787. The highest BCUT2D eigenvalue weighted by atomic mass is 16.1. The van der Waals surface area contributed by atoms with Crippen molar-refractivity contribution in [2.45, 2.75) is 25.8 Å². The molecule has 2 aromatic heterocycles. The lowest BCUT2D eigenvalue weighted by Gasteiger charge is -2.14. The van der Waals surface area contributed by atoms with E-state index in [0.717, 1.165) is 18.5 Å². The maximum atomic E-state index is 12.3. The van der Waals surface area contributed by atoms with E-state index in [1.165, 1.54) is 5.69 Å². The number of hydrogen-bond donors (Lipinski definition) is 1. The van der Waals surface area contributed by atoms with Crippen LogP contribution in [0.15, 0.2) is 61.3 Å². The van der Waals surface area contributed by atoms with E-state index >= 15 is 0 Å². The molecule has 1 N–H and O–H groups in total. The molecule has 0 aliphatic heterocycles. The summed E-state index contributed by atoms with van der Waals surface area (Å²) in [6, 6.07) is 11.8. The first kappa shape index (κ1) is 16.1. The lowest BCUT2D eigenvalue weighted by Crippen LogP contribution is -2.33. The van der Waals surface area contributed by atoms with E-state index < -0.39 is 0 Å². The molecule has 24 heavy (non-hydrogen) atoms. The van der Waals surface area contributed by atoms with Crippen LogP contribution in [0.5, 0.6) is 0 Å². The molecule has 0 saturated carbocycles. The molecule has 1 amide bonds. The fourth-order valence-electron chi connectivity index (χ4n) is 2.70. The molecule has 5 heteroatoms. The smallest absolute Gasteiger partial charge is 0.251 e. The third-order valence-electron chi connectivity index (χ3n) is 4.19. The van der Waals surface area contributed by atoms with Crippen molar-refractivity contribution in [3.63, 3.8) is 0 Å². The summed E-state index contributed by atoms with van der Waals surface area (Å²) in [5.74, 6) is -0.0356. The summed E-state index contributed by atoms with van der Waals surface area (Å²) in [5.41, 5.74) is 2.94. The Kier molecular flexibility index (Phi) is 4.79. The monoisotopic (exact) mass is 322 g/mol. The summed E-state index contributed by atoms with van der Waals surface area (Å²) >= 11 is 0. The van der Waals surface area contributed by atoms with E-state index in [-0.39, 0.29) is 11.9 Å². The second-order valence-electron chi connectivity index (χ2n) is 6.04. The molecule has 3 rings (SSSR count). The highest BCUT2D eigenvalue weighted by molar-refractivity contribution is 5.94. The van der Waals surface area contributed by atoms with Crippen molar-refractivity contribution in [3.8, 4) is 5.69 Å². The number of carbonyl (C=O) groups excluding carboxylic acids is 1. The van der Waals surface area contributed by atoms with Crippen molar-refractivity contribution < 1.29 is 4.79 Å². The average Bonchev–Trinajstić information content (AvgIpc) is 3.25. The third-order valence-corrected chi connectivity index (χ3v) is 4.19. The van der Waals surface area contributed by atoms with Crippen molar-refractivity contribution in [3.05, 3.63) is 72.6 Å². The molecule has 0 saturated heterocycles. The predicted octanol–water partition coefficient (Wildman–Crippen LogP) is 2.96. The standard InChI is InChI=1S/C19H22N4O/c1-15(5-8-17-4-3-12-22(17)2)21-19(24)16-6-9-18(10-7-16)23-13-11-20-14-23/h3-4,6-7,9-15H,5,8H2,1-2H3,(H,21,24)/t15-/m0/s1. The fourth-order valence-corrected chi connectivity index (χ4v) is 2.70. The van der Waals surface area contributed by atoms with Gasteiger partial charge in [-0.2, -0.15) is 0 Å². The van der Waals surface area contributed by atoms with Crippen LogP contribution in [-0.4, -0.2) is 26.1 Å². The lowest BCUT2D eigenvalue weighted by molar-refractivity contribution is 0.0938. The first-order chi connectivity index (χ1) is 11.6. The molecule has 0 bridgehead atoms. The zero-order valence-electron chi connectivity index (χ0n) is 14.0. The van der Waals surface area contributed by atoms with E-state index in [9.17, 15) is 4.79 Å². The van der Waals surface area contributed by atoms with Crippen LogP contribution < -0.4 is 5.32 Å². The van der Waals surface area contributed by atoms with Gasteiger partial charge in [-0.05, 0) is 56.2 Å². The summed E-state index contributed by atoms with van der Waals surface area (Å²) in [4.78, 5) is 16.4. The summed E-state index contributed by atoms with van der Waals surface area (Å²) in [7, 11) is 2.04. The molecule has 1 atom stereocenters. The van der Waals surface area contributed by atoms with Crippen molar-refractivity contribution in [1.82, 2.24) is 19.4 Å². The Morgan fingerprint density at radius 3 is 2.62 bits per heavy atom. The van der Waals surface area contributed by atoms with E-state index in [4.69, 9.17) is 0 Å². The number of amides is 1. The molecule has 0 radical (unpaired) electrons. The minimum atomic E-state index is -0.0356. The Labute approximate surface area is 142 Å². The molecular formula is C19H22N4O. The van der Waals surface area contributed by atoms with Gasteiger partial charge in [0.15, 0.2) is 0 Å². The number of nitrogens with zero attached hydrogens (tertiary/aromatic N) is 3. The van der Waals surface area contributed by atoms with Crippen molar-refractivity contribution in [1.29, 1.82) is 0 Å². The summed E-state index contributed by atoms with van der Waals surface area (Å²) < 4.78 is 4.02.